The summed E-state index contributed by atoms with van der Waals surface area (Å²) in [5.41, 5.74) is -0.460. The summed E-state index contributed by atoms with van der Waals surface area (Å²) in [7, 11) is 1.34. The van der Waals surface area contributed by atoms with Crippen LogP contribution in [0, 0.1) is 0 Å². The van der Waals surface area contributed by atoms with E-state index in [0.717, 1.165) is 41.4 Å². The summed E-state index contributed by atoms with van der Waals surface area (Å²) in [6.45, 7) is 1.05. The number of halogens is 3. The molecule has 8 heteroatoms. The lowest BCUT2D eigenvalue weighted by Crippen LogP contribution is -2.24. The van der Waals surface area contributed by atoms with E-state index in [1.165, 1.54) is 7.05 Å². The molecule has 116 valence electrons. The van der Waals surface area contributed by atoms with Gasteiger partial charge in [-0.25, -0.2) is 14.0 Å². The maximum Gasteiger partial charge on any atom is 0.422 e. The molecule has 0 aromatic carbocycles. The Bertz CT molecular complexity index is 465. The minimum atomic E-state index is -4.44. The Labute approximate surface area is 115 Å². The van der Waals surface area contributed by atoms with E-state index in [1.54, 1.807) is 0 Å². The minimum absolute atomic E-state index is 0.305. The molecule has 0 atom stereocenters. The largest absolute Gasteiger partial charge is 0.454 e. The van der Waals surface area contributed by atoms with Crippen molar-refractivity contribution in [2.24, 2.45) is 7.05 Å². The third-order valence-corrected chi connectivity index (χ3v) is 2.84. The van der Waals surface area contributed by atoms with Gasteiger partial charge in [-0.1, -0.05) is 32.6 Å². The first-order chi connectivity index (χ1) is 9.35. The molecule has 0 bridgehead atoms. The first kappa shape index (κ1) is 16.6. The topological polar surface area (TPSA) is 49.0 Å². The summed E-state index contributed by atoms with van der Waals surface area (Å²) < 4.78 is 42.8. The van der Waals surface area contributed by atoms with E-state index < -0.39 is 18.5 Å². The SMILES string of the molecule is CCCCCCCn1nc(OCC(F)(F)F)n(C)c1=O. The monoisotopic (exact) mass is 295 g/mol. The van der Waals surface area contributed by atoms with Crippen LogP contribution in [0.2, 0.25) is 0 Å². The van der Waals surface area contributed by atoms with Gasteiger partial charge in [-0.15, -0.1) is 5.10 Å². The Balaban J connectivity index is 2.54. The predicted octanol–water partition coefficient (Wildman–Crippen LogP) is 2.49. The molecule has 1 aromatic heterocycles. The molecule has 0 unspecified atom stereocenters. The van der Waals surface area contributed by atoms with E-state index in [1.807, 2.05) is 0 Å². The summed E-state index contributed by atoms with van der Waals surface area (Å²) in [5, 5.41) is 3.78. The first-order valence-corrected chi connectivity index (χ1v) is 6.68. The maximum absolute atomic E-state index is 12.1. The molecule has 0 radical (unpaired) electrons. The lowest BCUT2D eigenvalue weighted by atomic mass is 10.1. The highest BCUT2D eigenvalue weighted by Gasteiger charge is 2.29. The number of rotatable bonds is 8. The Kier molecular flexibility index (Phi) is 6.09. The Hall–Kier alpha value is -1.47. The molecule has 0 aliphatic carbocycles. The normalized spacial score (nSPS) is 11.8. The lowest BCUT2D eigenvalue weighted by molar-refractivity contribution is -0.155. The van der Waals surface area contributed by atoms with Crippen molar-refractivity contribution in [2.45, 2.75) is 51.7 Å². The van der Waals surface area contributed by atoms with Crippen molar-refractivity contribution < 1.29 is 17.9 Å². The van der Waals surface area contributed by atoms with Crippen LogP contribution in [0.15, 0.2) is 4.79 Å². The Morgan fingerprint density at radius 2 is 1.85 bits per heavy atom. The van der Waals surface area contributed by atoms with Gasteiger partial charge in [0.15, 0.2) is 6.61 Å². The van der Waals surface area contributed by atoms with Crippen LogP contribution < -0.4 is 10.4 Å². The predicted molar refractivity (Wildman–Crippen MR) is 67.8 cm³/mol. The van der Waals surface area contributed by atoms with Crippen molar-refractivity contribution in [3.05, 3.63) is 10.5 Å². The first-order valence-electron chi connectivity index (χ1n) is 6.68. The summed E-state index contributed by atoms with van der Waals surface area (Å²) in [6, 6.07) is -0.305. The zero-order valence-corrected chi connectivity index (χ0v) is 11.7. The van der Waals surface area contributed by atoms with Crippen molar-refractivity contribution in [3.8, 4) is 6.01 Å². The fourth-order valence-electron chi connectivity index (χ4n) is 1.75. The average Bonchev–Trinajstić information content (AvgIpc) is 2.63. The standard InChI is InChI=1S/C12H20F3N3O2/c1-3-4-5-6-7-8-18-11(19)17(2)10(16-18)20-9-12(13,14)15/h3-9H2,1-2H3. The lowest BCUT2D eigenvalue weighted by Gasteiger charge is -2.06. The van der Waals surface area contributed by atoms with Gasteiger partial charge in [0, 0.05) is 13.6 Å². The molecule has 0 saturated carbocycles. The molecule has 5 nitrogen and oxygen atoms in total. The maximum atomic E-state index is 12.1. The van der Waals surface area contributed by atoms with Crippen LogP contribution in [-0.2, 0) is 13.6 Å². The van der Waals surface area contributed by atoms with Gasteiger partial charge >= 0.3 is 17.9 Å². The van der Waals surface area contributed by atoms with Crippen LogP contribution in [-0.4, -0.2) is 27.1 Å². The van der Waals surface area contributed by atoms with Gasteiger partial charge in [0.2, 0.25) is 0 Å². The van der Waals surface area contributed by atoms with Crippen molar-refractivity contribution in [3.63, 3.8) is 0 Å². The van der Waals surface area contributed by atoms with Gasteiger partial charge in [0.25, 0.3) is 0 Å². The van der Waals surface area contributed by atoms with E-state index in [2.05, 4.69) is 16.8 Å². The molecule has 0 aliphatic heterocycles. The smallest absolute Gasteiger partial charge is 0.422 e. The Morgan fingerprint density at radius 3 is 2.45 bits per heavy atom. The molecule has 1 heterocycles. The second-order valence-electron chi connectivity index (χ2n) is 4.67. The van der Waals surface area contributed by atoms with E-state index in [4.69, 9.17) is 0 Å². The molecule has 0 spiro atoms. The fraction of sp³-hybridized carbons (Fsp3) is 0.833. The van der Waals surface area contributed by atoms with Crippen LogP contribution in [0.4, 0.5) is 13.2 Å². The highest BCUT2D eigenvalue weighted by molar-refractivity contribution is 4.93. The molecule has 1 rings (SSSR count). The van der Waals surface area contributed by atoms with E-state index in [0.29, 0.717) is 6.54 Å². The zero-order valence-electron chi connectivity index (χ0n) is 11.7. The molecule has 0 fully saturated rings. The van der Waals surface area contributed by atoms with Gasteiger partial charge < -0.3 is 4.74 Å². The zero-order chi connectivity index (χ0) is 15.2. The molecular weight excluding hydrogens is 275 g/mol. The van der Waals surface area contributed by atoms with Crippen molar-refractivity contribution in [2.75, 3.05) is 6.61 Å². The number of hydrogen-bond acceptors (Lipinski definition) is 3. The van der Waals surface area contributed by atoms with Crippen molar-refractivity contribution in [1.82, 2.24) is 14.3 Å². The number of hydrogen-bond donors (Lipinski definition) is 0. The van der Waals surface area contributed by atoms with Crippen molar-refractivity contribution in [1.29, 1.82) is 0 Å². The fourth-order valence-corrected chi connectivity index (χ4v) is 1.75. The van der Waals surface area contributed by atoms with Gasteiger partial charge in [0.1, 0.15) is 0 Å². The van der Waals surface area contributed by atoms with E-state index in [-0.39, 0.29) is 6.01 Å². The van der Waals surface area contributed by atoms with E-state index >= 15 is 0 Å². The number of nitrogens with zero attached hydrogens (tertiary/aromatic N) is 3. The number of aryl methyl sites for hydroxylation is 1. The second kappa shape index (κ2) is 7.35. The number of alkyl halides is 3. The van der Waals surface area contributed by atoms with Crippen LogP contribution >= 0.6 is 0 Å². The molecule has 0 aliphatic rings. The summed E-state index contributed by atoms with van der Waals surface area (Å²) in [6.07, 6.45) is 0.636. The number of ether oxygens (including phenoxy) is 1. The van der Waals surface area contributed by atoms with Crippen molar-refractivity contribution >= 4 is 0 Å². The third kappa shape index (κ3) is 5.26. The molecule has 0 amide bonds. The molecular formula is C12H20F3N3O2. The average molecular weight is 295 g/mol. The minimum Gasteiger partial charge on any atom is -0.454 e. The molecule has 20 heavy (non-hydrogen) atoms. The van der Waals surface area contributed by atoms with Crippen LogP contribution in [0.5, 0.6) is 6.01 Å². The molecule has 0 saturated heterocycles. The van der Waals surface area contributed by atoms with Gasteiger partial charge in [-0.2, -0.15) is 13.2 Å². The van der Waals surface area contributed by atoms with Crippen LogP contribution in [0.25, 0.3) is 0 Å². The Morgan fingerprint density at radius 1 is 1.20 bits per heavy atom. The van der Waals surface area contributed by atoms with Gasteiger partial charge in [0.05, 0.1) is 0 Å². The van der Waals surface area contributed by atoms with Gasteiger partial charge in [-0.3, -0.25) is 0 Å². The number of unbranched alkanes of at least 4 members (excludes halogenated alkanes) is 4. The second-order valence-corrected chi connectivity index (χ2v) is 4.67. The van der Waals surface area contributed by atoms with Gasteiger partial charge in [-0.05, 0) is 6.42 Å². The quantitative estimate of drug-likeness (QED) is 0.692. The number of aromatic nitrogens is 3. The molecule has 0 N–H and O–H groups in total. The van der Waals surface area contributed by atoms with E-state index in [9.17, 15) is 18.0 Å². The summed E-state index contributed by atoms with van der Waals surface area (Å²) >= 11 is 0. The summed E-state index contributed by atoms with van der Waals surface area (Å²) in [4.78, 5) is 11.7. The van der Waals surface area contributed by atoms with Crippen LogP contribution in [0.1, 0.15) is 39.0 Å². The highest BCUT2D eigenvalue weighted by atomic mass is 19.4. The molecule has 1 aromatic rings. The van der Waals surface area contributed by atoms with Crippen LogP contribution in [0.3, 0.4) is 0 Å². The third-order valence-electron chi connectivity index (χ3n) is 2.84. The highest BCUT2D eigenvalue weighted by Crippen LogP contribution is 2.16. The summed E-state index contributed by atoms with van der Waals surface area (Å²) in [5.74, 6) is 0.